The highest BCUT2D eigenvalue weighted by Gasteiger charge is 2.14. The molecule has 0 saturated carbocycles. The van der Waals surface area contributed by atoms with Gasteiger partial charge in [-0.1, -0.05) is 224 Å². The van der Waals surface area contributed by atoms with Gasteiger partial charge in [0.25, 0.3) is 0 Å². The Morgan fingerprint density at radius 1 is 0.400 bits per heavy atom. The predicted octanol–water partition coefficient (Wildman–Crippen LogP) is 17.5. The van der Waals surface area contributed by atoms with Crippen LogP contribution in [0.5, 0.6) is 0 Å². The highest BCUT2D eigenvalue weighted by Crippen LogP contribution is 2.19. The molecule has 1 N–H and O–H groups in total. The SMILES string of the molecule is CCCCCCC/C=C\C/C=C\CCCCCC(CCCCCCCC(=O)O)OC(=O)CCCCCCCCCCCCCCCCCCCCCCCC. The van der Waals surface area contributed by atoms with Gasteiger partial charge in [0, 0.05) is 12.8 Å². The third-order valence-electron chi connectivity index (χ3n) is 11.4. The van der Waals surface area contributed by atoms with E-state index in [0.717, 1.165) is 77.0 Å². The van der Waals surface area contributed by atoms with Gasteiger partial charge in [0.2, 0.25) is 0 Å². The maximum Gasteiger partial charge on any atom is 0.306 e. The van der Waals surface area contributed by atoms with Gasteiger partial charge in [-0.2, -0.15) is 0 Å². The second kappa shape index (κ2) is 46.8. The standard InChI is InChI=1S/C51H96O4/c1-3-5-7-9-11-13-15-17-19-20-21-22-23-24-25-27-29-31-33-35-40-44-48-51(54)55-49(46-42-38-36-39-43-47-50(52)53)45-41-37-34-32-30-28-26-18-16-14-12-10-8-6-4-2/h16,18,28,30,49H,3-15,17,19-27,29,31-48H2,1-2H3,(H,52,53)/b18-16-,30-28-. The van der Waals surface area contributed by atoms with Gasteiger partial charge in [0.05, 0.1) is 0 Å². The molecule has 0 fully saturated rings. The van der Waals surface area contributed by atoms with E-state index < -0.39 is 5.97 Å². The van der Waals surface area contributed by atoms with Crippen molar-refractivity contribution >= 4 is 11.9 Å². The molecule has 4 heteroatoms. The molecular weight excluding hydrogens is 677 g/mol. The van der Waals surface area contributed by atoms with Gasteiger partial charge in [-0.05, 0) is 70.6 Å². The van der Waals surface area contributed by atoms with Gasteiger partial charge in [-0.3, -0.25) is 9.59 Å². The zero-order chi connectivity index (χ0) is 40.0. The zero-order valence-corrected chi connectivity index (χ0v) is 37.3. The molecule has 1 unspecified atom stereocenters. The van der Waals surface area contributed by atoms with Crippen molar-refractivity contribution in [3.05, 3.63) is 24.3 Å². The van der Waals surface area contributed by atoms with Crippen LogP contribution < -0.4 is 0 Å². The van der Waals surface area contributed by atoms with Crippen molar-refractivity contribution in [1.29, 1.82) is 0 Å². The molecule has 324 valence electrons. The van der Waals surface area contributed by atoms with Crippen molar-refractivity contribution in [3.63, 3.8) is 0 Å². The molecule has 4 nitrogen and oxygen atoms in total. The minimum absolute atomic E-state index is 0.00317. The average molecular weight is 773 g/mol. The molecule has 0 aromatic carbocycles. The lowest BCUT2D eigenvalue weighted by Gasteiger charge is -2.18. The van der Waals surface area contributed by atoms with Crippen molar-refractivity contribution in [2.75, 3.05) is 0 Å². The summed E-state index contributed by atoms with van der Waals surface area (Å²) in [6.45, 7) is 4.56. The number of ether oxygens (including phenoxy) is 1. The fourth-order valence-electron chi connectivity index (χ4n) is 7.75. The molecule has 0 bridgehead atoms. The summed E-state index contributed by atoms with van der Waals surface area (Å²) >= 11 is 0. The maximum absolute atomic E-state index is 12.8. The molecule has 0 aliphatic rings. The van der Waals surface area contributed by atoms with Crippen LogP contribution in [-0.2, 0) is 14.3 Å². The van der Waals surface area contributed by atoms with Gasteiger partial charge in [-0.25, -0.2) is 0 Å². The zero-order valence-electron chi connectivity index (χ0n) is 37.3. The quantitative estimate of drug-likeness (QED) is 0.0380. The van der Waals surface area contributed by atoms with Crippen molar-refractivity contribution in [1.82, 2.24) is 0 Å². The van der Waals surface area contributed by atoms with Crippen molar-refractivity contribution < 1.29 is 19.4 Å². The molecule has 0 spiro atoms. The summed E-state index contributed by atoms with van der Waals surface area (Å²) in [5.41, 5.74) is 0. The number of allylic oxidation sites excluding steroid dienone is 4. The number of hydrogen-bond acceptors (Lipinski definition) is 3. The number of carboxylic acids is 1. The van der Waals surface area contributed by atoms with Crippen LogP contribution >= 0.6 is 0 Å². The molecule has 1 atom stereocenters. The molecule has 0 rings (SSSR count). The number of aliphatic carboxylic acids is 1. The monoisotopic (exact) mass is 773 g/mol. The van der Waals surface area contributed by atoms with Crippen LogP contribution in [0.25, 0.3) is 0 Å². The molecule has 0 aromatic heterocycles. The Morgan fingerprint density at radius 3 is 1.09 bits per heavy atom. The number of carbonyl (C=O) groups is 2. The number of unbranched alkanes of at least 4 members (excludes halogenated alkanes) is 33. The van der Waals surface area contributed by atoms with E-state index >= 15 is 0 Å². The fraction of sp³-hybridized carbons (Fsp3) is 0.882. The van der Waals surface area contributed by atoms with Crippen molar-refractivity contribution in [3.8, 4) is 0 Å². The second-order valence-corrected chi connectivity index (χ2v) is 17.0. The molecule has 0 aromatic rings. The summed E-state index contributed by atoms with van der Waals surface area (Å²) in [4.78, 5) is 23.5. The first kappa shape index (κ1) is 53.4. The van der Waals surface area contributed by atoms with Crippen LogP contribution in [-0.4, -0.2) is 23.1 Å². The highest BCUT2D eigenvalue weighted by molar-refractivity contribution is 5.69. The van der Waals surface area contributed by atoms with Crippen LogP contribution in [0.3, 0.4) is 0 Å². The first-order valence-corrected chi connectivity index (χ1v) is 24.8. The number of carboxylic acid groups (broad SMARTS) is 1. The maximum atomic E-state index is 12.8. The smallest absolute Gasteiger partial charge is 0.306 e. The third-order valence-corrected chi connectivity index (χ3v) is 11.4. The minimum atomic E-state index is -0.701. The van der Waals surface area contributed by atoms with Gasteiger partial charge in [0.1, 0.15) is 6.10 Å². The fourth-order valence-corrected chi connectivity index (χ4v) is 7.75. The Balaban J connectivity index is 3.92. The summed E-state index contributed by atoms with van der Waals surface area (Å²) in [5, 5.41) is 8.86. The summed E-state index contributed by atoms with van der Waals surface area (Å²) in [6.07, 6.45) is 60.9. The largest absolute Gasteiger partial charge is 0.481 e. The Hall–Kier alpha value is -1.58. The van der Waals surface area contributed by atoms with E-state index in [1.54, 1.807) is 0 Å². The van der Waals surface area contributed by atoms with Gasteiger partial charge in [-0.15, -0.1) is 0 Å². The van der Waals surface area contributed by atoms with Crippen molar-refractivity contribution in [2.45, 2.75) is 290 Å². The van der Waals surface area contributed by atoms with Crippen LogP contribution in [0, 0.1) is 0 Å². The van der Waals surface area contributed by atoms with E-state index in [-0.39, 0.29) is 18.5 Å². The molecule has 0 aliphatic carbocycles. The van der Waals surface area contributed by atoms with E-state index in [1.807, 2.05) is 0 Å². The van der Waals surface area contributed by atoms with Gasteiger partial charge in [0.15, 0.2) is 0 Å². The third kappa shape index (κ3) is 46.7. The summed E-state index contributed by atoms with van der Waals surface area (Å²) in [6, 6.07) is 0. The summed E-state index contributed by atoms with van der Waals surface area (Å²) in [5.74, 6) is -0.704. The number of esters is 1. The molecule has 55 heavy (non-hydrogen) atoms. The molecule has 0 amide bonds. The van der Waals surface area contributed by atoms with Crippen LogP contribution in [0.4, 0.5) is 0 Å². The Bertz CT molecular complexity index is 833. The van der Waals surface area contributed by atoms with E-state index in [2.05, 4.69) is 38.2 Å². The first-order chi connectivity index (χ1) is 27.1. The van der Waals surface area contributed by atoms with Crippen LogP contribution in [0.2, 0.25) is 0 Å². The lowest BCUT2D eigenvalue weighted by molar-refractivity contribution is -0.150. The van der Waals surface area contributed by atoms with E-state index in [9.17, 15) is 9.59 Å². The highest BCUT2D eigenvalue weighted by atomic mass is 16.5. The Morgan fingerprint density at radius 2 is 0.709 bits per heavy atom. The molecule has 0 saturated heterocycles. The second-order valence-electron chi connectivity index (χ2n) is 17.0. The minimum Gasteiger partial charge on any atom is -0.481 e. The van der Waals surface area contributed by atoms with Gasteiger partial charge < -0.3 is 9.84 Å². The molecule has 0 heterocycles. The van der Waals surface area contributed by atoms with Crippen molar-refractivity contribution in [2.24, 2.45) is 0 Å². The predicted molar refractivity (Wildman–Crippen MR) is 241 cm³/mol. The Labute approximate surface area is 344 Å². The van der Waals surface area contributed by atoms with E-state index in [1.165, 1.54) is 180 Å². The molecule has 0 radical (unpaired) electrons. The average Bonchev–Trinajstić information content (AvgIpc) is 3.17. The van der Waals surface area contributed by atoms with Crippen LogP contribution in [0.1, 0.15) is 284 Å². The lowest BCUT2D eigenvalue weighted by Crippen LogP contribution is -2.18. The van der Waals surface area contributed by atoms with Crippen LogP contribution in [0.15, 0.2) is 24.3 Å². The molecular formula is C51H96O4. The topological polar surface area (TPSA) is 63.6 Å². The summed E-state index contributed by atoms with van der Waals surface area (Å²) < 4.78 is 6.04. The Kier molecular flexibility index (Phi) is 45.5. The van der Waals surface area contributed by atoms with E-state index in [0.29, 0.717) is 6.42 Å². The lowest BCUT2D eigenvalue weighted by atomic mass is 10.0. The number of hydrogen-bond donors (Lipinski definition) is 1. The number of carbonyl (C=O) groups excluding carboxylic acids is 1. The van der Waals surface area contributed by atoms with Gasteiger partial charge >= 0.3 is 11.9 Å². The first-order valence-electron chi connectivity index (χ1n) is 24.8. The molecule has 0 aliphatic heterocycles. The number of rotatable bonds is 46. The summed E-state index contributed by atoms with van der Waals surface area (Å²) in [7, 11) is 0. The van der Waals surface area contributed by atoms with E-state index in [4.69, 9.17) is 9.84 Å². The normalized spacial score (nSPS) is 12.3.